The second kappa shape index (κ2) is 6.06. The Bertz CT molecular complexity index is 363. The van der Waals surface area contributed by atoms with E-state index in [1.165, 1.54) is 24.3 Å². The highest BCUT2D eigenvalue weighted by Gasteiger charge is 2.16. The van der Waals surface area contributed by atoms with Gasteiger partial charge in [0.15, 0.2) is 0 Å². The highest BCUT2D eigenvalue weighted by atomic mass is 32.2. The molecule has 0 radical (unpaired) electrons. The average Bonchev–Trinajstić information content (AvgIpc) is 2.79. The van der Waals surface area contributed by atoms with E-state index in [1.807, 2.05) is 10.9 Å². The van der Waals surface area contributed by atoms with Crippen LogP contribution in [0.5, 0.6) is 0 Å². The summed E-state index contributed by atoms with van der Waals surface area (Å²) in [6.45, 7) is 8.36. The number of hydrogen-bond donors (Lipinski definition) is 1. The molecule has 102 valence electrons. The van der Waals surface area contributed by atoms with Crippen LogP contribution in [0.25, 0.3) is 0 Å². The van der Waals surface area contributed by atoms with E-state index in [4.69, 9.17) is 0 Å². The van der Waals surface area contributed by atoms with Gasteiger partial charge in [-0.1, -0.05) is 5.21 Å². The van der Waals surface area contributed by atoms with E-state index in [2.05, 4.69) is 48.2 Å². The van der Waals surface area contributed by atoms with E-state index >= 15 is 0 Å². The van der Waals surface area contributed by atoms with Crippen molar-refractivity contribution in [3.63, 3.8) is 0 Å². The average molecular weight is 268 g/mol. The summed E-state index contributed by atoms with van der Waals surface area (Å²) in [6.07, 6.45) is 4.75. The van der Waals surface area contributed by atoms with Gasteiger partial charge in [-0.2, -0.15) is 11.8 Å². The predicted molar refractivity (Wildman–Crippen MR) is 76.8 cm³/mol. The number of nitrogens with zero attached hydrogens (tertiary/aromatic N) is 3. The topological polar surface area (TPSA) is 42.7 Å². The van der Waals surface area contributed by atoms with Crippen molar-refractivity contribution in [1.29, 1.82) is 0 Å². The van der Waals surface area contributed by atoms with Crippen molar-refractivity contribution in [1.82, 2.24) is 20.3 Å². The van der Waals surface area contributed by atoms with E-state index in [0.717, 1.165) is 24.7 Å². The molecule has 1 aliphatic rings. The maximum atomic E-state index is 4.21. The molecule has 0 aromatic carbocycles. The summed E-state index contributed by atoms with van der Waals surface area (Å²) in [6, 6.07) is 0. The van der Waals surface area contributed by atoms with Crippen molar-refractivity contribution in [3.8, 4) is 0 Å². The summed E-state index contributed by atoms with van der Waals surface area (Å²) < 4.78 is 1.93. The number of rotatable bonds is 4. The summed E-state index contributed by atoms with van der Waals surface area (Å²) in [5.41, 5.74) is 1.06. The first-order chi connectivity index (χ1) is 8.55. The van der Waals surface area contributed by atoms with Crippen molar-refractivity contribution in [2.24, 2.45) is 5.92 Å². The van der Waals surface area contributed by atoms with Crippen LogP contribution in [0.3, 0.4) is 0 Å². The summed E-state index contributed by atoms with van der Waals surface area (Å²) in [7, 11) is 0. The lowest BCUT2D eigenvalue weighted by Crippen LogP contribution is -2.25. The Balaban J connectivity index is 1.74. The molecule has 0 aliphatic carbocycles. The van der Waals surface area contributed by atoms with Crippen molar-refractivity contribution < 1.29 is 0 Å². The van der Waals surface area contributed by atoms with Crippen molar-refractivity contribution >= 4 is 11.8 Å². The van der Waals surface area contributed by atoms with Crippen LogP contribution >= 0.6 is 11.8 Å². The molecule has 1 aromatic rings. The van der Waals surface area contributed by atoms with Gasteiger partial charge in [0, 0.05) is 6.54 Å². The second-order valence-corrected chi connectivity index (χ2v) is 7.24. The van der Waals surface area contributed by atoms with Gasteiger partial charge in [-0.3, -0.25) is 0 Å². The molecular formula is C13H24N4S. The summed E-state index contributed by atoms with van der Waals surface area (Å²) in [5, 5.41) is 11.9. The zero-order chi connectivity index (χ0) is 13.0. The van der Waals surface area contributed by atoms with Gasteiger partial charge in [0.25, 0.3) is 0 Å². The molecule has 1 N–H and O–H groups in total. The Labute approximate surface area is 114 Å². The Hall–Kier alpha value is -0.550. The number of thioether (sulfide) groups is 1. The van der Waals surface area contributed by atoms with Crippen LogP contribution in [-0.2, 0) is 12.1 Å². The van der Waals surface area contributed by atoms with E-state index in [-0.39, 0.29) is 5.54 Å². The van der Waals surface area contributed by atoms with E-state index in [0.29, 0.717) is 0 Å². The van der Waals surface area contributed by atoms with Crippen LogP contribution in [0, 0.1) is 5.92 Å². The summed E-state index contributed by atoms with van der Waals surface area (Å²) in [4.78, 5) is 0. The SMILES string of the molecule is CC(C)(C)n1cc(CNCC2CCSCC2)nn1. The Morgan fingerprint density at radius 3 is 2.72 bits per heavy atom. The number of hydrogen-bond acceptors (Lipinski definition) is 4. The molecule has 1 aromatic heterocycles. The van der Waals surface area contributed by atoms with Crippen LogP contribution in [0.1, 0.15) is 39.3 Å². The van der Waals surface area contributed by atoms with Gasteiger partial charge in [0.1, 0.15) is 0 Å². The molecule has 0 spiro atoms. The summed E-state index contributed by atoms with van der Waals surface area (Å²) >= 11 is 2.08. The van der Waals surface area contributed by atoms with E-state index < -0.39 is 0 Å². The Morgan fingerprint density at radius 1 is 1.39 bits per heavy atom. The van der Waals surface area contributed by atoms with Crippen LogP contribution in [0.2, 0.25) is 0 Å². The normalized spacial score (nSPS) is 18.2. The molecule has 0 unspecified atom stereocenters. The molecule has 5 heteroatoms. The lowest BCUT2D eigenvalue weighted by Gasteiger charge is -2.21. The molecule has 4 nitrogen and oxygen atoms in total. The van der Waals surface area contributed by atoms with Gasteiger partial charge in [-0.15, -0.1) is 5.10 Å². The predicted octanol–water partition coefficient (Wildman–Crippen LogP) is 2.27. The molecule has 0 amide bonds. The standard InChI is InChI=1S/C13H24N4S/c1-13(2,3)17-10-12(15-16-17)9-14-8-11-4-6-18-7-5-11/h10-11,14H,4-9H2,1-3H3. The molecule has 2 heterocycles. The van der Waals surface area contributed by atoms with Crippen LogP contribution in [0.15, 0.2) is 6.20 Å². The van der Waals surface area contributed by atoms with Crippen molar-refractivity contribution in [2.75, 3.05) is 18.1 Å². The first kappa shape index (κ1) is 13.9. The Morgan fingerprint density at radius 2 is 2.11 bits per heavy atom. The second-order valence-electron chi connectivity index (χ2n) is 6.01. The van der Waals surface area contributed by atoms with Crippen molar-refractivity contribution in [2.45, 2.75) is 45.7 Å². The first-order valence-corrected chi connectivity index (χ1v) is 7.91. The van der Waals surface area contributed by atoms with Gasteiger partial charge in [-0.25, -0.2) is 4.68 Å². The minimum Gasteiger partial charge on any atom is -0.311 e. The molecule has 0 atom stereocenters. The fraction of sp³-hybridized carbons (Fsp3) is 0.846. The van der Waals surface area contributed by atoms with E-state index in [1.54, 1.807) is 0 Å². The molecule has 1 saturated heterocycles. The van der Waals surface area contributed by atoms with Crippen molar-refractivity contribution in [3.05, 3.63) is 11.9 Å². The van der Waals surface area contributed by atoms with Gasteiger partial charge in [-0.05, 0) is 57.6 Å². The lowest BCUT2D eigenvalue weighted by molar-refractivity contribution is 0.346. The minimum absolute atomic E-state index is 0.0197. The quantitative estimate of drug-likeness (QED) is 0.909. The third-order valence-electron chi connectivity index (χ3n) is 3.31. The minimum atomic E-state index is 0.0197. The fourth-order valence-electron chi connectivity index (χ4n) is 2.06. The number of nitrogens with one attached hydrogen (secondary N) is 1. The maximum Gasteiger partial charge on any atom is 0.0965 e. The third-order valence-corrected chi connectivity index (χ3v) is 4.36. The molecule has 1 aliphatic heterocycles. The smallest absolute Gasteiger partial charge is 0.0965 e. The van der Waals surface area contributed by atoms with E-state index in [9.17, 15) is 0 Å². The molecule has 0 saturated carbocycles. The highest BCUT2D eigenvalue weighted by molar-refractivity contribution is 7.99. The zero-order valence-corrected chi connectivity index (χ0v) is 12.5. The van der Waals surface area contributed by atoms with Crippen LogP contribution in [-0.4, -0.2) is 33.0 Å². The Kier molecular flexibility index (Phi) is 4.67. The molecular weight excluding hydrogens is 244 g/mol. The van der Waals surface area contributed by atoms with Gasteiger partial charge < -0.3 is 5.32 Å². The first-order valence-electron chi connectivity index (χ1n) is 6.76. The molecule has 18 heavy (non-hydrogen) atoms. The van der Waals surface area contributed by atoms with Crippen LogP contribution in [0.4, 0.5) is 0 Å². The highest BCUT2D eigenvalue weighted by Crippen LogP contribution is 2.21. The van der Waals surface area contributed by atoms with Gasteiger partial charge in [0.2, 0.25) is 0 Å². The van der Waals surface area contributed by atoms with Gasteiger partial charge >= 0.3 is 0 Å². The fourth-order valence-corrected chi connectivity index (χ4v) is 3.27. The molecule has 0 bridgehead atoms. The molecule has 1 fully saturated rings. The molecule has 2 rings (SSSR count). The monoisotopic (exact) mass is 268 g/mol. The number of aromatic nitrogens is 3. The van der Waals surface area contributed by atoms with Gasteiger partial charge in [0.05, 0.1) is 17.4 Å². The largest absolute Gasteiger partial charge is 0.311 e. The van der Waals surface area contributed by atoms with Crippen LogP contribution < -0.4 is 5.32 Å². The zero-order valence-electron chi connectivity index (χ0n) is 11.6. The maximum absolute atomic E-state index is 4.21. The summed E-state index contributed by atoms with van der Waals surface area (Å²) in [5.74, 6) is 3.50. The third kappa shape index (κ3) is 3.99. The lowest BCUT2D eigenvalue weighted by atomic mass is 10.0.